The van der Waals surface area contributed by atoms with Crippen LogP contribution >= 0.6 is 0 Å². The van der Waals surface area contributed by atoms with Crippen LogP contribution in [0.3, 0.4) is 0 Å². The maximum absolute atomic E-state index is 13.8. The molecule has 0 unspecified atom stereocenters. The number of amides is 1. The van der Waals surface area contributed by atoms with E-state index in [0.717, 1.165) is 11.1 Å². The van der Waals surface area contributed by atoms with Gasteiger partial charge in [0.05, 0.1) is 6.10 Å². The lowest BCUT2D eigenvalue weighted by molar-refractivity contribution is 0.0916. The lowest BCUT2D eigenvalue weighted by Gasteiger charge is -2.24. The molecule has 0 fully saturated rings. The normalized spacial score (nSPS) is 13.9. The van der Waals surface area contributed by atoms with Crippen LogP contribution in [0.15, 0.2) is 42.5 Å². The van der Waals surface area contributed by atoms with Gasteiger partial charge in [0.15, 0.2) is 0 Å². The number of carbonyl (C=O) groups is 1. The van der Waals surface area contributed by atoms with Crippen molar-refractivity contribution in [1.82, 2.24) is 5.32 Å². The molecule has 1 amide bonds. The predicted octanol–water partition coefficient (Wildman–Crippen LogP) is 3.14. The number of nitrogens with one attached hydrogen (secondary N) is 1. The maximum atomic E-state index is 13.8. The summed E-state index contributed by atoms with van der Waals surface area (Å²) in [5.41, 5.74) is 8.35. The number of rotatable bonds is 6. The summed E-state index contributed by atoms with van der Waals surface area (Å²) < 4.78 is 13.8. The van der Waals surface area contributed by atoms with Crippen LogP contribution in [0.1, 0.15) is 47.8 Å². The molecule has 0 bridgehead atoms. The number of aliphatic hydroxyl groups excluding tert-OH is 1. The Kier molecular flexibility index (Phi) is 6.73. The minimum atomic E-state index is -0.896. The van der Waals surface area contributed by atoms with Gasteiger partial charge in [0.2, 0.25) is 0 Å². The molecule has 27 heavy (non-hydrogen) atoms. The third-order valence-electron chi connectivity index (χ3n) is 4.41. The Bertz CT molecular complexity index is 799. The summed E-state index contributed by atoms with van der Waals surface area (Å²) in [4.78, 5) is 12.7. The Hall–Kier alpha value is -2.24. The monoisotopic (exact) mass is 372 g/mol. The molecule has 0 aliphatic rings. The van der Waals surface area contributed by atoms with E-state index in [1.807, 2.05) is 45.9 Å². The number of halogens is 1. The van der Waals surface area contributed by atoms with E-state index in [2.05, 4.69) is 5.32 Å². The highest BCUT2D eigenvalue weighted by Crippen LogP contribution is 2.19. The Labute approximate surface area is 160 Å². The van der Waals surface area contributed by atoms with Crippen molar-refractivity contribution in [2.75, 3.05) is 0 Å². The molecule has 4 N–H and O–H groups in total. The van der Waals surface area contributed by atoms with E-state index in [1.54, 1.807) is 18.2 Å². The smallest absolute Gasteiger partial charge is 0.252 e. The molecule has 0 aliphatic heterocycles. The lowest BCUT2D eigenvalue weighted by atomic mass is 9.92. The molecule has 4 nitrogen and oxygen atoms in total. The van der Waals surface area contributed by atoms with E-state index in [9.17, 15) is 14.3 Å². The number of nitrogens with two attached hydrogens (primary N) is 1. The quantitative estimate of drug-likeness (QED) is 0.729. The lowest BCUT2D eigenvalue weighted by Crippen LogP contribution is -2.42. The van der Waals surface area contributed by atoms with Crippen molar-refractivity contribution < 1.29 is 14.3 Å². The molecule has 146 valence electrons. The van der Waals surface area contributed by atoms with Crippen molar-refractivity contribution in [3.05, 3.63) is 70.5 Å². The highest BCUT2D eigenvalue weighted by atomic mass is 19.1. The van der Waals surface area contributed by atoms with E-state index in [4.69, 9.17) is 5.73 Å². The molecule has 0 saturated heterocycles. The van der Waals surface area contributed by atoms with Crippen LogP contribution in [0.5, 0.6) is 0 Å². The van der Waals surface area contributed by atoms with Gasteiger partial charge in [-0.2, -0.15) is 0 Å². The van der Waals surface area contributed by atoms with Crippen LogP contribution in [0.25, 0.3) is 0 Å². The number of aryl methyl sites for hydroxylation is 1. The van der Waals surface area contributed by atoms with Crippen molar-refractivity contribution in [3.63, 3.8) is 0 Å². The van der Waals surface area contributed by atoms with Crippen molar-refractivity contribution >= 4 is 5.91 Å². The molecule has 0 saturated carbocycles. The van der Waals surface area contributed by atoms with Gasteiger partial charge in [0.1, 0.15) is 5.82 Å². The second kappa shape index (κ2) is 8.63. The Morgan fingerprint density at radius 1 is 1.11 bits per heavy atom. The zero-order valence-electron chi connectivity index (χ0n) is 16.4. The molecule has 2 rings (SSSR count). The third-order valence-corrected chi connectivity index (χ3v) is 4.41. The van der Waals surface area contributed by atoms with Gasteiger partial charge in [-0.15, -0.1) is 0 Å². The Morgan fingerprint density at radius 2 is 1.74 bits per heavy atom. The molecule has 5 heteroatoms. The van der Waals surface area contributed by atoms with Crippen molar-refractivity contribution in [1.29, 1.82) is 0 Å². The first kappa shape index (κ1) is 21.1. The van der Waals surface area contributed by atoms with Crippen molar-refractivity contribution in [2.45, 2.75) is 58.2 Å². The Balaban J connectivity index is 2.17. The summed E-state index contributed by atoms with van der Waals surface area (Å²) in [6.45, 7) is 7.62. The summed E-state index contributed by atoms with van der Waals surface area (Å²) in [5, 5.41) is 13.5. The van der Waals surface area contributed by atoms with Crippen LogP contribution in [0, 0.1) is 12.7 Å². The largest absolute Gasteiger partial charge is 0.391 e. The van der Waals surface area contributed by atoms with Crippen LogP contribution in [-0.2, 0) is 12.8 Å². The zero-order valence-corrected chi connectivity index (χ0v) is 16.4. The first-order chi connectivity index (χ1) is 12.6. The molecule has 2 atom stereocenters. The number of benzene rings is 2. The fourth-order valence-corrected chi connectivity index (χ4v) is 3.06. The average molecular weight is 372 g/mol. The van der Waals surface area contributed by atoms with Crippen molar-refractivity contribution in [3.8, 4) is 0 Å². The summed E-state index contributed by atoms with van der Waals surface area (Å²) in [6, 6.07) is 11.3. The van der Waals surface area contributed by atoms with Gasteiger partial charge >= 0.3 is 0 Å². The summed E-state index contributed by atoms with van der Waals surface area (Å²) in [6.07, 6.45) is -0.444. The molecular formula is C22H29FN2O2. The van der Waals surface area contributed by atoms with Gasteiger partial charge in [-0.3, -0.25) is 4.79 Å². The molecule has 0 aromatic heterocycles. The first-order valence-corrected chi connectivity index (χ1v) is 9.16. The van der Waals surface area contributed by atoms with E-state index < -0.39 is 12.1 Å². The summed E-state index contributed by atoms with van der Waals surface area (Å²) in [7, 11) is 0. The molecule has 2 aromatic rings. The molecule has 0 heterocycles. The second-order valence-corrected chi connectivity index (χ2v) is 8.04. The van der Waals surface area contributed by atoms with Crippen LogP contribution < -0.4 is 11.1 Å². The molecule has 2 aromatic carbocycles. The molecule has 0 spiro atoms. The second-order valence-electron chi connectivity index (χ2n) is 8.04. The van der Waals surface area contributed by atoms with E-state index >= 15 is 0 Å². The van der Waals surface area contributed by atoms with Gasteiger partial charge in [-0.25, -0.2) is 4.39 Å². The number of carbonyl (C=O) groups excluding carboxylic acids is 1. The van der Waals surface area contributed by atoms with E-state index in [1.165, 1.54) is 6.07 Å². The average Bonchev–Trinajstić information content (AvgIpc) is 2.55. The third kappa shape index (κ3) is 5.88. The highest BCUT2D eigenvalue weighted by molar-refractivity contribution is 5.97. The topological polar surface area (TPSA) is 75.3 Å². The molecule has 0 aliphatic carbocycles. The number of hydrogen-bond donors (Lipinski definition) is 3. The highest BCUT2D eigenvalue weighted by Gasteiger charge is 2.23. The zero-order chi connectivity index (χ0) is 20.2. The van der Waals surface area contributed by atoms with Gasteiger partial charge in [0.25, 0.3) is 5.91 Å². The first-order valence-electron chi connectivity index (χ1n) is 9.16. The fraction of sp³-hybridized carbons (Fsp3) is 0.409. The maximum Gasteiger partial charge on any atom is 0.252 e. The van der Waals surface area contributed by atoms with Crippen LogP contribution in [-0.4, -0.2) is 28.7 Å². The van der Waals surface area contributed by atoms with Crippen LogP contribution in [0.2, 0.25) is 0 Å². The standard InChI is InChI=1S/C22H29FN2O2/c1-14-8-7-10-16(20(14)21(27)25-22(2,3)4)13-19(26)18(24)12-15-9-5-6-11-17(15)23/h5-11,18-19,26H,12-13,24H2,1-4H3,(H,25,27)/t18-,19+/m1/s1. The summed E-state index contributed by atoms with van der Waals surface area (Å²) in [5.74, 6) is -0.508. The summed E-state index contributed by atoms with van der Waals surface area (Å²) >= 11 is 0. The minimum Gasteiger partial charge on any atom is -0.391 e. The predicted molar refractivity (Wildman–Crippen MR) is 106 cm³/mol. The Morgan fingerprint density at radius 3 is 2.37 bits per heavy atom. The number of aliphatic hydroxyl groups is 1. The van der Waals surface area contributed by atoms with Crippen LogP contribution in [0.4, 0.5) is 4.39 Å². The van der Waals surface area contributed by atoms with Gasteiger partial charge in [-0.1, -0.05) is 36.4 Å². The van der Waals surface area contributed by atoms with Gasteiger partial charge in [-0.05, 0) is 56.9 Å². The minimum absolute atomic E-state index is 0.175. The SMILES string of the molecule is Cc1cccc(C[C@H](O)[C@H](N)Cc2ccccc2F)c1C(=O)NC(C)(C)C. The molecule has 0 radical (unpaired) electrons. The fourth-order valence-electron chi connectivity index (χ4n) is 3.06. The van der Waals surface area contributed by atoms with E-state index in [-0.39, 0.29) is 30.1 Å². The van der Waals surface area contributed by atoms with Crippen molar-refractivity contribution in [2.24, 2.45) is 5.73 Å². The van der Waals surface area contributed by atoms with E-state index in [0.29, 0.717) is 11.1 Å². The molecular weight excluding hydrogens is 343 g/mol. The number of hydrogen-bond acceptors (Lipinski definition) is 3. The van der Waals surface area contributed by atoms with Gasteiger partial charge in [0, 0.05) is 23.6 Å². The van der Waals surface area contributed by atoms with Gasteiger partial charge < -0.3 is 16.2 Å².